The van der Waals surface area contributed by atoms with Gasteiger partial charge in [-0.05, 0) is 36.4 Å². The molecule has 0 bridgehead atoms. The summed E-state index contributed by atoms with van der Waals surface area (Å²) in [5, 5.41) is 5.25. The van der Waals surface area contributed by atoms with Crippen LogP contribution in [-0.4, -0.2) is 18.0 Å². The molecule has 27 heavy (non-hydrogen) atoms. The van der Waals surface area contributed by atoms with E-state index in [0.29, 0.717) is 17.1 Å². The van der Waals surface area contributed by atoms with Crippen LogP contribution in [0.2, 0.25) is 0 Å². The molecule has 3 aromatic rings. The molecule has 2 aromatic carbocycles. The topological polar surface area (TPSA) is 63.2 Å². The van der Waals surface area contributed by atoms with E-state index in [-0.39, 0.29) is 11.4 Å². The smallest absolute Gasteiger partial charge is 0.274 e. The van der Waals surface area contributed by atoms with Crippen LogP contribution >= 0.6 is 0 Å². The van der Waals surface area contributed by atoms with Crippen molar-refractivity contribution < 1.29 is 22.7 Å². The van der Waals surface area contributed by atoms with Crippen LogP contribution in [-0.2, 0) is 0 Å². The second-order valence-electron chi connectivity index (χ2n) is 5.47. The van der Waals surface area contributed by atoms with Gasteiger partial charge in [-0.25, -0.2) is 18.2 Å². The molecule has 0 atom stereocenters. The minimum atomic E-state index is -1.57. The van der Waals surface area contributed by atoms with Crippen molar-refractivity contribution in [3.05, 3.63) is 77.9 Å². The van der Waals surface area contributed by atoms with E-state index in [1.807, 2.05) is 0 Å². The van der Waals surface area contributed by atoms with E-state index >= 15 is 0 Å². The summed E-state index contributed by atoms with van der Waals surface area (Å²) in [4.78, 5) is 16.2. The molecule has 0 saturated carbocycles. The summed E-state index contributed by atoms with van der Waals surface area (Å²) in [6.07, 6.45) is 1.28. The predicted octanol–water partition coefficient (Wildman–Crippen LogP) is 4.50. The molecular weight excluding hydrogens is 359 g/mol. The maximum Gasteiger partial charge on any atom is 0.274 e. The van der Waals surface area contributed by atoms with Gasteiger partial charge >= 0.3 is 0 Å². The minimum absolute atomic E-state index is 0.120. The average molecular weight is 373 g/mol. The molecule has 0 radical (unpaired) electrons. The lowest BCUT2D eigenvalue weighted by atomic mass is 10.2. The number of amides is 1. The van der Waals surface area contributed by atoms with Crippen LogP contribution in [0.5, 0.6) is 5.75 Å². The molecule has 0 fully saturated rings. The molecule has 1 aromatic heterocycles. The lowest BCUT2D eigenvalue weighted by molar-refractivity contribution is 0.102. The van der Waals surface area contributed by atoms with E-state index in [1.54, 1.807) is 24.3 Å². The predicted molar refractivity (Wildman–Crippen MR) is 94.8 cm³/mol. The molecule has 1 amide bonds. The molecule has 0 saturated heterocycles. The van der Waals surface area contributed by atoms with E-state index in [2.05, 4.69) is 15.6 Å². The number of ether oxygens (including phenoxy) is 1. The number of carbonyl (C=O) groups is 1. The van der Waals surface area contributed by atoms with Gasteiger partial charge in [0.1, 0.15) is 11.4 Å². The molecule has 8 heteroatoms. The Balaban J connectivity index is 1.71. The van der Waals surface area contributed by atoms with Gasteiger partial charge in [-0.3, -0.25) is 4.79 Å². The highest BCUT2D eigenvalue weighted by Gasteiger charge is 2.14. The molecule has 0 aliphatic carbocycles. The Morgan fingerprint density at radius 2 is 1.81 bits per heavy atom. The highest BCUT2D eigenvalue weighted by molar-refractivity contribution is 6.03. The Morgan fingerprint density at radius 3 is 2.52 bits per heavy atom. The van der Waals surface area contributed by atoms with Gasteiger partial charge < -0.3 is 15.4 Å². The van der Waals surface area contributed by atoms with Gasteiger partial charge in [-0.1, -0.05) is 6.07 Å². The molecule has 0 aliphatic heterocycles. The van der Waals surface area contributed by atoms with Gasteiger partial charge in [0, 0.05) is 11.8 Å². The summed E-state index contributed by atoms with van der Waals surface area (Å²) >= 11 is 0. The minimum Gasteiger partial charge on any atom is -0.497 e. The quantitative estimate of drug-likeness (QED) is 0.647. The Hall–Kier alpha value is -3.55. The first-order chi connectivity index (χ1) is 13.0. The summed E-state index contributed by atoms with van der Waals surface area (Å²) in [6, 6.07) is 11.6. The Bertz CT molecular complexity index is 978. The van der Waals surface area contributed by atoms with Crippen LogP contribution in [0.4, 0.5) is 30.2 Å². The van der Waals surface area contributed by atoms with Gasteiger partial charge in [0.15, 0.2) is 17.5 Å². The third kappa shape index (κ3) is 4.17. The van der Waals surface area contributed by atoms with Crippen molar-refractivity contribution in [3.63, 3.8) is 0 Å². The molecule has 0 spiro atoms. The molecule has 0 unspecified atom stereocenters. The van der Waals surface area contributed by atoms with Crippen molar-refractivity contribution in [2.75, 3.05) is 17.7 Å². The first-order valence-electron chi connectivity index (χ1n) is 7.80. The van der Waals surface area contributed by atoms with Crippen molar-refractivity contribution >= 4 is 23.0 Å². The summed E-state index contributed by atoms with van der Waals surface area (Å²) in [5.41, 5.74) is 0.712. The summed E-state index contributed by atoms with van der Waals surface area (Å²) in [5.74, 6) is -4.04. The van der Waals surface area contributed by atoms with E-state index in [4.69, 9.17) is 4.74 Å². The fourth-order valence-electron chi connectivity index (χ4n) is 2.28. The maximum atomic E-state index is 13.7. The maximum absolute atomic E-state index is 13.7. The molecule has 3 rings (SSSR count). The average Bonchev–Trinajstić information content (AvgIpc) is 2.69. The van der Waals surface area contributed by atoms with E-state index in [0.717, 1.165) is 12.1 Å². The fraction of sp³-hybridized carbons (Fsp3) is 0.0526. The zero-order valence-corrected chi connectivity index (χ0v) is 14.1. The van der Waals surface area contributed by atoms with E-state index in [9.17, 15) is 18.0 Å². The molecular formula is C19H14F3N3O2. The van der Waals surface area contributed by atoms with Gasteiger partial charge in [0.05, 0.1) is 24.7 Å². The number of nitrogens with zero attached hydrogens (tertiary/aromatic N) is 1. The number of benzene rings is 2. The highest BCUT2D eigenvalue weighted by Crippen LogP contribution is 2.23. The number of nitrogens with one attached hydrogen (secondary N) is 2. The molecule has 138 valence electrons. The lowest BCUT2D eigenvalue weighted by Crippen LogP contribution is -2.13. The Morgan fingerprint density at radius 1 is 1.00 bits per heavy atom. The third-order valence-electron chi connectivity index (χ3n) is 3.64. The molecule has 1 heterocycles. The standard InChI is InChI=1S/C19H14F3N3O2/c1-27-13-4-2-3-11(9-13)25-19(26)16-7-5-12(10-23-16)24-15-8-6-14(20)17(21)18(15)22/h2-10,24H,1H3,(H,25,26). The van der Waals surface area contributed by atoms with E-state index in [1.165, 1.54) is 25.4 Å². The van der Waals surface area contributed by atoms with Crippen LogP contribution in [0.1, 0.15) is 10.5 Å². The molecule has 5 nitrogen and oxygen atoms in total. The van der Waals surface area contributed by atoms with Gasteiger partial charge in [-0.2, -0.15) is 0 Å². The van der Waals surface area contributed by atoms with Crippen LogP contribution in [0, 0.1) is 17.5 Å². The summed E-state index contributed by atoms with van der Waals surface area (Å²) in [7, 11) is 1.52. The second kappa shape index (κ2) is 7.77. The molecule has 2 N–H and O–H groups in total. The van der Waals surface area contributed by atoms with Gasteiger partial charge in [-0.15, -0.1) is 0 Å². The monoisotopic (exact) mass is 373 g/mol. The number of anilines is 3. The number of hydrogen-bond acceptors (Lipinski definition) is 4. The highest BCUT2D eigenvalue weighted by atomic mass is 19.2. The van der Waals surface area contributed by atoms with Crippen molar-refractivity contribution in [2.24, 2.45) is 0 Å². The lowest BCUT2D eigenvalue weighted by Gasteiger charge is -2.09. The normalized spacial score (nSPS) is 10.4. The van der Waals surface area contributed by atoms with Crippen LogP contribution < -0.4 is 15.4 Å². The number of methoxy groups -OCH3 is 1. The molecule has 0 aliphatic rings. The summed E-state index contributed by atoms with van der Waals surface area (Å²) < 4.78 is 45.0. The van der Waals surface area contributed by atoms with Gasteiger partial charge in [0.25, 0.3) is 5.91 Å². The number of pyridine rings is 1. The van der Waals surface area contributed by atoms with Crippen molar-refractivity contribution in [3.8, 4) is 5.75 Å². The Kier molecular flexibility index (Phi) is 5.25. The van der Waals surface area contributed by atoms with Crippen LogP contribution in [0.15, 0.2) is 54.7 Å². The first-order valence-corrected chi connectivity index (χ1v) is 7.80. The van der Waals surface area contributed by atoms with Crippen molar-refractivity contribution in [1.29, 1.82) is 0 Å². The van der Waals surface area contributed by atoms with Crippen LogP contribution in [0.25, 0.3) is 0 Å². The zero-order chi connectivity index (χ0) is 19.4. The number of hydrogen-bond donors (Lipinski definition) is 2. The van der Waals surface area contributed by atoms with Crippen molar-refractivity contribution in [2.45, 2.75) is 0 Å². The summed E-state index contributed by atoms with van der Waals surface area (Å²) in [6.45, 7) is 0. The largest absolute Gasteiger partial charge is 0.497 e. The zero-order valence-electron chi connectivity index (χ0n) is 14.1. The van der Waals surface area contributed by atoms with Crippen LogP contribution in [0.3, 0.4) is 0 Å². The second-order valence-corrected chi connectivity index (χ2v) is 5.47. The van der Waals surface area contributed by atoms with Crippen molar-refractivity contribution in [1.82, 2.24) is 4.98 Å². The SMILES string of the molecule is COc1cccc(NC(=O)c2ccc(Nc3ccc(F)c(F)c3F)cn2)c1. The fourth-order valence-corrected chi connectivity index (χ4v) is 2.28. The number of halogens is 3. The number of aromatic nitrogens is 1. The number of carbonyl (C=O) groups excluding carboxylic acids is 1. The van der Waals surface area contributed by atoms with E-state index < -0.39 is 23.4 Å². The first kappa shape index (κ1) is 18.2. The Labute approximate surface area is 152 Å². The van der Waals surface area contributed by atoms with Gasteiger partial charge in [0.2, 0.25) is 0 Å². The number of rotatable bonds is 5. The third-order valence-corrected chi connectivity index (χ3v) is 3.64.